The van der Waals surface area contributed by atoms with Gasteiger partial charge in [-0.15, -0.1) is 0 Å². The Morgan fingerprint density at radius 2 is 2.21 bits per heavy atom. The standard InChI is InChI=1S/C18H21ClN4O/c1-12-5-4-8-23(10-12)18(24)16-9-17(21-11-20-16)22-15-7-3-6-14(19)13(15)2/h3,6-7,9,11-12H,4-5,8,10H2,1-2H3,(H,20,21,22). The fourth-order valence-corrected chi connectivity index (χ4v) is 3.13. The van der Waals surface area contributed by atoms with Gasteiger partial charge in [0.1, 0.15) is 17.8 Å². The van der Waals surface area contributed by atoms with Crippen LogP contribution in [0.25, 0.3) is 0 Å². The number of likely N-dealkylation sites (tertiary alicyclic amines) is 1. The van der Waals surface area contributed by atoms with Gasteiger partial charge >= 0.3 is 0 Å². The van der Waals surface area contributed by atoms with Crippen LogP contribution in [0, 0.1) is 12.8 Å². The highest BCUT2D eigenvalue weighted by atomic mass is 35.5. The Morgan fingerprint density at radius 1 is 1.38 bits per heavy atom. The van der Waals surface area contributed by atoms with E-state index in [1.807, 2.05) is 30.0 Å². The quantitative estimate of drug-likeness (QED) is 0.912. The van der Waals surface area contributed by atoms with Crippen molar-refractivity contribution in [2.45, 2.75) is 26.7 Å². The van der Waals surface area contributed by atoms with Crippen LogP contribution in [0.1, 0.15) is 35.8 Å². The SMILES string of the molecule is Cc1c(Cl)cccc1Nc1cc(C(=O)N2CCCC(C)C2)ncn1. The summed E-state index contributed by atoms with van der Waals surface area (Å²) in [5.41, 5.74) is 2.22. The van der Waals surface area contributed by atoms with Gasteiger partial charge in [0.05, 0.1) is 0 Å². The lowest BCUT2D eigenvalue weighted by molar-refractivity contribution is 0.0677. The molecule has 6 heteroatoms. The van der Waals surface area contributed by atoms with Crippen LogP contribution in [-0.4, -0.2) is 33.9 Å². The summed E-state index contributed by atoms with van der Waals surface area (Å²) >= 11 is 6.14. The third-order valence-corrected chi connectivity index (χ3v) is 4.77. The Kier molecular flexibility index (Phi) is 5.00. The molecule has 126 valence electrons. The molecule has 2 heterocycles. The smallest absolute Gasteiger partial charge is 0.272 e. The van der Waals surface area contributed by atoms with Gasteiger partial charge < -0.3 is 10.2 Å². The first-order valence-electron chi connectivity index (χ1n) is 8.18. The van der Waals surface area contributed by atoms with E-state index in [1.165, 1.54) is 12.7 Å². The predicted octanol–water partition coefficient (Wildman–Crippen LogP) is 4.05. The lowest BCUT2D eigenvalue weighted by Gasteiger charge is -2.30. The van der Waals surface area contributed by atoms with Gasteiger partial charge in [-0.3, -0.25) is 4.79 Å². The van der Waals surface area contributed by atoms with Crippen molar-refractivity contribution in [3.05, 3.63) is 46.9 Å². The average molecular weight is 345 g/mol. The number of rotatable bonds is 3. The number of hydrogen-bond acceptors (Lipinski definition) is 4. The number of aromatic nitrogens is 2. The van der Waals surface area contributed by atoms with Crippen molar-refractivity contribution in [1.82, 2.24) is 14.9 Å². The fourth-order valence-electron chi connectivity index (χ4n) is 2.96. The summed E-state index contributed by atoms with van der Waals surface area (Å²) in [6, 6.07) is 7.34. The molecule has 0 bridgehead atoms. The number of carbonyl (C=O) groups is 1. The summed E-state index contributed by atoms with van der Waals surface area (Å²) in [6.07, 6.45) is 3.64. The fraction of sp³-hybridized carbons (Fsp3) is 0.389. The van der Waals surface area contributed by atoms with Crippen LogP contribution in [0.4, 0.5) is 11.5 Å². The second-order valence-corrected chi connectivity index (χ2v) is 6.73. The van der Waals surface area contributed by atoms with Gasteiger partial charge in [-0.25, -0.2) is 9.97 Å². The number of halogens is 1. The minimum absolute atomic E-state index is 0.0326. The lowest BCUT2D eigenvalue weighted by Crippen LogP contribution is -2.39. The molecule has 0 radical (unpaired) electrons. The van der Waals surface area contributed by atoms with Crippen molar-refractivity contribution >= 4 is 29.0 Å². The number of benzene rings is 1. The molecule has 1 saturated heterocycles. The Balaban J connectivity index is 1.79. The Morgan fingerprint density at radius 3 is 3.00 bits per heavy atom. The van der Waals surface area contributed by atoms with E-state index < -0.39 is 0 Å². The van der Waals surface area contributed by atoms with Crippen molar-refractivity contribution in [2.24, 2.45) is 5.92 Å². The summed E-state index contributed by atoms with van der Waals surface area (Å²) in [5.74, 6) is 1.09. The molecule has 0 spiro atoms. The molecule has 1 atom stereocenters. The van der Waals surface area contributed by atoms with Crippen LogP contribution in [0.2, 0.25) is 5.02 Å². The largest absolute Gasteiger partial charge is 0.340 e. The van der Waals surface area contributed by atoms with E-state index in [9.17, 15) is 4.79 Å². The molecule has 1 unspecified atom stereocenters. The van der Waals surface area contributed by atoms with Crippen LogP contribution in [0.15, 0.2) is 30.6 Å². The number of nitrogens with one attached hydrogen (secondary N) is 1. The van der Waals surface area contributed by atoms with Crippen molar-refractivity contribution in [1.29, 1.82) is 0 Å². The highest BCUT2D eigenvalue weighted by molar-refractivity contribution is 6.31. The van der Waals surface area contributed by atoms with Crippen molar-refractivity contribution in [2.75, 3.05) is 18.4 Å². The summed E-state index contributed by atoms with van der Waals surface area (Å²) in [5, 5.41) is 3.90. The first-order chi connectivity index (χ1) is 11.5. The van der Waals surface area contributed by atoms with Crippen LogP contribution in [0.3, 0.4) is 0 Å². The van der Waals surface area contributed by atoms with E-state index in [0.717, 1.165) is 30.8 Å². The van der Waals surface area contributed by atoms with E-state index in [2.05, 4.69) is 22.2 Å². The molecule has 5 nitrogen and oxygen atoms in total. The highest BCUT2D eigenvalue weighted by Gasteiger charge is 2.23. The molecule has 0 saturated carbocycles. The highest BCUT2D eigenvalue weighted by Crippen LogP contribution is 2.25. The Hall–Kier alpha value is -2.14. The Bertz CT molecular complexity index is 750. The Labute approximate surface area is 147 Å². The van der Waals surface area contributed by atoms with Gasteiger partial charge in [-0.2, -0.15) is 0 Å². The normalized spacial score (nSPS) is 17.6. The van der Waals surface area contributed by atoms with Gasteiger partial charge in [-0.05, 0) is 43.4 Å². The maximum atomic E-state index is 12.7. The first kappa shape index (κ1) is 16.7. The summed E-state index contributed by atoms with van der Waals surface area (Å²) < 4.78 is 0. The molecular weight excluding hydrogens is 324 g/mol. The molecule has 1 aliphatic rings. The third kappa shape index (κ3) is 3.67. The summed E-state index contributed by atoms with van der Waals surface area (Å²) in [6.45, 7) is 5.70. The van der Waals surface area contributed by atoms with E-state index in [1.54, 1.807) is 6.07 Å². The lowest BCUT2D eigenvalue weighted by atomic mass is 10.00. The molecule has 3 rings (SSSR count). The van der Waals surface area contributed by atoms with Crippen LogP contribution < -0.4 is 5.32 Å². The van der Waals surface area contributed by atoms with Crippen LogP contribution in [0.5, 0.6) is 0 Å². The number of piperidine rings is 1. The third-order valence-electron chi connectivity index (χ3n) is 4.36. The molecule has 1 aliphatic heterocycles. The molecule has 24 heavy (non-hydrogen) atoms. The molecule has 1 N–H and O–H groups in total. The zero-order valence-electron chi connectivity index (χ0n) is 13.9. The van der Waals surface area contributed by atoms with Crippen molar-refractivity contribution in [3.8, 4) is 0 Å². The zero-order valence-corrected chi connectivity index (χ0v) is 14.7. The van der Waals surface area contributed by atoms with Gasteiger partial charge in [-0.1, -0.05) is 24.6 Å². The number of nitrogens with zero attached hydrogens (tertiary/aromatic N) is 3. The molecule has 1 fully saturated rings. The second-order valence-electron chi connectivity index (χ2n) is 6.32. The minimum Gasteiger partial charge on any atom is -0.340 e. The predicted molar refractivity (Wildman–Crippen MR) is 95.8 cm³/mol. The van der Waals surface area contributed by atoms with E-state index in [0.29, 0.717) is 22.5 Å². The molecule has 1 amide bonds. The van der Waals surface area contributed by atoms with E-state index in [4.69, 9.17) is 11.6 Å². The van der Waals surface area contributed by atoms with Gasteiger partial charge in [0.15, 0.2) is 0 Å². The maximum absolute atomic E-state index is 12.7. The monoisotopic (exact) mass is 344 g/mol. The topological polar surface area (TPSA) is 58.1 Å². The van der Waals surface area contributed by atoms with Gasteiger partial charge in [0, 0.05) is 29.9 Å². The maximum Gasteiger partial charge on any atom is 0.272 e. The first-order valence-corrected chi connectivity index (χ1v) is 8.56. The van der Waals surface area contributed by atoms with Crippen LogP contribution >= 0.6 is 11.6 Å². The number of amides is 1. The van der Waals surface area contributed by atoms with E-state index >= 15 is 0 Å². The van der Waals surface area contributed by atoms with Crippen molar-refractivity contribution < 1.29 is 4.79 Å². The summed E-state index contributed by atoms with van der Waals surface area (Å²) in [7, 11) is 0. The van der Waals surface area contributed by atoms with Crippen molar-refractivity contribution in [3.63, 3.8) is 0 Å². The molecule has 1 aromatic heterocycles. The second kappa shape index (κ2) is 7.18. The van der Waals surface area contributed by atoms with Crippen LogP contribution in [-0.2, 0) is 0 Å². The number of carbonyl (C=O) groups excluding carboxylic acids is 1. The molecule has 2 aromatic rings. The van der Waals surface area contributed by atoms with Gasteiger partial charge in [0.25, 0.3) is 5.91 Å². The minimum atomic E-state index is -0.0326. The van der Waals surface area contributed by atoms with Gasteiger partial charge in [0.2, 0.25) is 0 Å². The molecule has 0 aliphatic carbocycles. The number of hydrogen-bond donors (Lipinski definition) is 1. The number of anilines is 2. The average Bonchev–Trinajstić information content (AvgIpc) is 2.58. The molecule has 1 aromatic carbocycles. The molecular formula is C18H21ClN4O. The summed E-state index contributed by atoms with van der Waals surface area (Å²) in [4.78, 5) is 22.9. The van der Waals surface area contributed by atoms with E-state index in [-0.39, 0.29) is 5.91 Å². The zero-order chi connectivity index (χ0) is 17.1.